The Morgan fingerprint density at radius 1 is 0.774 bits per heavy atom. The van der Waals surface area contributed by atoms with Crippen LogP contribution in [0.5, 0.6) is 0 Å². The van der Waals surface area contributed by atoms with E-state index in [0.29, 0.717) is 18.3 Å². The summed E-state index contributed by atoms with van der Waals surface area (Å²) >= 11 is 7.88. The maximum atomic E-state index is 12.1. The Bertz CT molecular complexity index is 899. The first kappa shape index (κ1) is 23.3. The predicted molar refractivity (Wildman–Crippen MR) is 134 cm³/mol. The van der Waals surface area contributed by atoms with E-state index in [-0.39, 0.29) is 5.97 Å². The van der Waals surface area contributed by atoms with Crippen molar-refractivity contribution in [2.45, 2.75) is 25.4 Å². The molecule has 0 aliphatic rings. The molecule has 0 saturated carbocycles. The second-order valence-corrected chi connectivity index (χ2v) is 16.3. The maximum absolute atomic E-state index is 12.1. The van der Waals surface area contributed by atoms with Gasteiger partial charge in [-0.15, -0.1) is 0 Å². The van der Waals surface area contributed by atoms with Crippen molar-refractivity contribution >= 4 is 23.2 Å². The average molecular weight is 453 g/mol. The van der Waals surface area contributed by atoms with Crippen LogP contribution in [-0.2, 0) is 28.0 Å². The number of rotatable bonds is 10. The van der Waals surface area contributed by atoms with Crippen molar-refractivity contribution in [1.82, 2.24) is 0 Å². The van der Waals surface area contributed by atoms with Gasteiger partial charge in [0.25, 0.3) is 0 Å². The summed E-state index contributed by atoms with van der Waals surface area (Å²) in [5.41, 5.74) is 4.05. The topological polar surface area (TPSA) is 26.3 Å². The molecule has 0 aliphatic heterocycles. The first-order valence-electron chi connectivity index (χ1n) is 10.5. The van der Waals surface area contributed by atoms with Gasteiger partial charge in [0.05, 0.1) is 0 Å². The van der Waals surface area contributed by atoms with Crippen LogP contribution in [0.15, 0.2) is 103 Å². The number of ether oxygens (including phenoxy) is 1. The molecule has 0 N–H and O–H groups in total. The van der Waals surface area contributed by atoms with Gasteiger partial charge in [0.1, 0.15) is 0 Å². The summed E-state index contributed by atoms with van der Waals surface area (Å²) in [6.07, 6.45) is 2.98. The standard InChI is InChI=1S/C27H30ClO2P/c1-23(2)27(29)30-18-19-31(28,20-24-12-6-3-7-13-24,21-25-14-8-4-9-15-25)22-26-16-10-5-11-17-26/h3-17H,1,18-22H2,2H3. The van der Waals surface area contributed by atoms with Crippen molar-refractivity contribution in [3.05, 3.63) is 120 Å². The van der Waals surface area contributed by atoms with E-state index in [1.807, 2.05) is 18.2 Å². The third-order valence-electron chi connectivity index (χ3n) is 5.49. The van der Waals surface area contributed by atoms with Gasteiger partial charge in [-0.05, 0) is 0 Å². The van der Waals surface area contributed by atoms with E-state index in [4.69, 9.17) is 16.0 Å². The zero-order valence-corrected chi connectivity index (χ0v) is 19.7. The summed E-state index contributed by atoms with van der Waals surface area (Å²) < 4.78 is 5.55. The van der Waals surface area contributed by atoms with E-state index in [1.54, 1.807) is 6.92 Å². The minimum absolute atomic E-state index is 0.291. The molecule has 4 heteroatoms. The molecule has 0 heterocycles. The third-order valence-corrected chi connectivity index (χ3v) is 11.8. The Balaban J connectivity index is 2.01. The first-order chi connectivity index (χ1) is 14.9. The average Bonchev–Trinajstić information content (AvgIpc) is 2.75. The van der Waals surface area contributed by atoms with Crippen molar-refractivity contribution in [1.29, 1.82) is 0 Å². The molecule has 0 saturated heterocycles. The molecule has 0 bridgehead atoms. The van der Waals surface area contributed by atoms with E-state index < -0.39 is 5.96 Å². The summed E-state index contributed by atoms with van der Waals surface area (Å²) in [7, 11) is 0. The number of benzene rings is 3. The Labute approximate surface area is 190 Å². The second kappa shape index (κ2) is 10.3. The SMILES string of the molecule is C=C(C)C(=O)OCCP(Cl)(Cc1ccccc1)(Cc1ccccc1)Cc1ccccc1. The Morgan fingerprint density at radius 3 is 1.45 bits per heavy atom. The second-order valence-electron chi connectivity index (χ2n) is 8.39. The van der Waals surface area contributed by atoms with Crippen molar-refractivity contribution in [3.63, 3.8) is 0 Å². The molecule has 0 fully saturated rings. The van der Waals surface area contributed by atoms with Crippen molar-refractivity contribution in [2.75, 3.05) is 12.8 Å². The van der Waals surface area contributed by atoms with Crippen LogP contribution in [0, 0.1) is 0 Å². The van der Waals surface area contributed by atoms with Crippen LogP contribution in [0.4, 0.5) is 0 Å². The number of carbonyl (C=O) groups is 1. The number of hydrogen-bond acceptors (Lipinski definition) is 2. The molecule has 0 radical (unpaired) electrons. The summed E-state index contributed by atoms with van der Waals surface area (Å²) in [5, 5.41) is 0. The zero-order chi connectivity index (χ0) is 22.2. The first-order valence-corrected chi connectivity index (χ1v) is 14.4. The van der Waals surface area contributed by atoms with Crippen LogP contribution >= 0.6 is 17.2 Å². The van der Waals surface area contributed by atoms with Crippen LogP contribution in [0.25, 0.3) is 0 Å². The Morgan fingerprint density at radius 2 is 1.13 bits per heavy atom. The van der Waals surface area contributed by atoms with Crippen LogP contribution in [-0.4, -0.2) is 18.7 Å². The van der Waals surface area contributed by atoms with Gasteiger partial charge in [-0.2, -0.15) is 0 Å². The fourth-order valence-electron chi connectivity index (χ4n) is 4.01. The van der Waals surface area contributed by atoms with Gasteiger partial charge in [0.15, 0.2) is 0 Å². The van der Waals surface area contributed by atoms with Crippen molar-refractivity contribution in [2.24, 2.45) is 0 Å². The molecule has 0 aromatic heterocycles. The van der Waals surface area contributed by atoms with Gasteiger partial charge in [0, 0.05) is 0 Å². The Hall–Kier alpha value is -2.41. The molecule has 0 unspecified atom stereocenters. The van der Waals surface area contributed by atoms with Crippen LogP contribution in [0.1, 0.15) is 23.6 Å². The van der Waals surface area contributed by atoms with Gasteiger partial charge in [-0.3, -0.25) is 0 Å². The number of halogens is 1. The molecule has 3 aromatic carbocycles. The fourth-order valence-corrected chi connectivity index (χ4v) is 10.2. The summed E-state index contributed by atoms with van der Waals surface area (Å²) in [6.45, 7) is 5.65. The van der Waals surface area contributed by atoms with Gasteiger partial charge >= 0.3 is 191 Å². The molecule has 3 aromatic rings. The van der Waals surface area contributed by atoms with E-state index in [1.165, 1.54) is 16.7 Å². The number of carbonyl (C=O) groups excluding carboxylic acids is 1. The van der Waals surface area contributed by atoms with E-state index in [0.717, 1.165) is 18.5 Å². The quantitative estimate of drug-likeness (QED) is 0.182. The summed E-state index contributed by atoms with van der Waals surface area (Å²) in [4.78, 5) is 12.1. The fraction of sp³-hybridized carbons (Fsp3) is 0.222. The zero-order valence-electron chi connectivity index (χ0n) is 18.0. The molecule has 0 atom stereocenters. The molecule has 2 nitrogen and oxygen atoms in total. The molecular weight excluding hydrogens is 423 g/mol. The monoisotopic (exact) mass is 452 g/mol. The Kier molecular flexibility index (Phi) is 7.70. The van der Waals surface area contributed by atoms with Crippen molar-refractivity contribution < 1.29 is 9.53 Å². The van der Waals surface area contributed by atoms with Crippen LogP contribution < -0.4 is 0 Å². The molecule has 0 aliphatic carbocycles. The molecule has 31 heavy (non-hydrogen) atoms. The van der Waals surface area contributed by atoms with Crippen molar-refractivity contribution in [3.8, 4) is 0 Å². The van der Waals surface area contributed by atoms with Crippen LogP contribution in [0.3, 0.4) is 0 Å². The van der Waals surface area contributed by atoms with E-state index >= 15 is 0 Å². The number of esters is 1. The van der Waals surface area contributed by atoms with Gasteiger partial charge in [-0.25, -0.2) is 0 Å². The van der Waals surface area contributed by atoms with Crippen LogP contribution in [0.2, 0.25) is 0 Å². The van der Waals surface area contributed by atoms with E-state index in [9.17, 15) is 4.79 Å². The van der Waals surface area contributed by atoms with E-state index in [2.05, 4.69) is 79.4 Å². The minimum atomic E-state index is -2.96. The molecular formula is C27H30ClO2P. The van der Waals surface area contributed by atoms with Gasteiger partial charge < -0.3 is 0 Å². The van der Waals surface area contributed by atoms with Gasteiger partial charge in [0.2, 0.25) is 0 Å². The molecule has 0 amide bonds. The number of hydrogen-bond donors (Lipinski definition) is 0. The molecule has 0 spiro atoms. The summed E-state index contributed by atoms with van der Waals surface area (Å²) in [5.74, 6) is -3.32. The molecule has 3 rings (SSSR count). The molecule has 162 valence electrons. The summed E-state index contributed by atoms with van der Waals surface area (Å²) in [6, 6.07) is 31.2. The normalized spacial score (nSPS) is 12.5. The third kappa shape index (κ3) is 6.79. The predicted octanol–water partition coefficient (Wildman–Crippen LogP) is 7.41. The van der Waals surface area contributed by atoms with Gasteiger partial charge in [-0.1, -0.05) is 0 Å².